The van der Waals surface area contributed by atoms with Gasteiger partial charge in [0.2, 0.25) is 0 Å². The molecule has 0 saturated heterocycles. The third kappa shape index (κ3) is 4.71. The van der Waals surface area contributed by atoms with Crippen LogP contribution in [0.3, 0.4) is 0 Å². The number of pyridine rings is 1. The molecule has 0 radical (unpaired) electrons. The fraction of sp³-hybridized carbons (Fsp3) is 0. The number of hydrogen-bond donors (Lipinski definition) is 3. The van der Waals surface area contributed by atoms with Crippen molar-refractivity contribution in [2.75, 3.05) is 16.4 Å². The average Bonchev–Trinajstić information content (AvgIpc) is 2.51. The highest BCUT2D eigenvalue weighted by atomic mass is 79.9. The number of benzene rings is 1. The number of halogens is 2. The molecule has 0 bridgehead atoms. The zero-order chi connectivity index (χ0) is 16.8. The molecule has 116 valence electrons. The van der Waals surface area contributed by atoms with Crippen LogP contribution < -0.4 is 16.4 Å². The van der Waals surface area contributed by atoms with Gasteiger partial charge in [-0.1, -0.05) is 27.5 Å². The zero-order valence-corrected chi connectivity index (χ0v) is 14.0. The number of carbonyl (C=O) groups excluding carboxylic acids is 1. The van der Waals surface area contributed by atoms with E-state index in [9.17, 15) is 4.79 Å². The maximum Gasteiger partial charge on any atom is 0.267 e. The summed E-state index contributed by atoms with van der Waals surface area (Å²) in [6.45, 7) is 0. The second kappa shape index (κ2) is 7.63. The summed E-state index contributed by atoms with van der Waals surface area (Å²) in [5.74, 6) is -0.0775. The largest absolute Gasteiger partial charge is 0.398 e. The highest BCUT2D eigenvalue weighted by molar-refractivity contribution is 9.10. The van der Waals surface area contributed by atoms with Crippen LogP contribution in [0.25, 0.3) is 0 Å². The predicted octanol–water partition coefficient (Wildman–Crippen LogP) is 3.54. The Labute approximate surface area is 146 Å². The molecule has 0 atom stereocenters. The Morgan fingerprint density at radius 2 is 2.17 bits per heavy atom. The Morgan fingerprint density at radius 3 is 2.83 bits per heavy atom. The molecule has 0 spiro atoms. The van der Waals surface area contributed by atoms with Gasteiger partial charge in [-0.2, -0.15) is 5.26 Å². The van der Waals surface area contributed by atoms with Gasteiger partial charge in [0, 0.05) is 22.6 Å². The number of aromatic nitrogens is 1. The first-order chi connectivity index (χ1) is 11.0. The maximum atomic E-state index is 12.1. The molecule has 0 saturated carbocycles. The first-order valence-corrected chi connectivity index (χ1v) is 7.51. The Bertz CT molecular complexity index is 816. The average molecular weight is 393 g/mol. The molecular weight excluding hydrogens is 382 g/mol. The van der Waals surface area contributed by atoms with E-state index in [-0.39, 0.29) is 5.57 Å². The molecule has 2 rings (SSSR count). The van der Waals surface area contributed by atoms with Gasteiger partial charge >= 0.3 is 0 Å². The molecule has 23 heavy (non-hydrogen) atoms. The van der Waals surface area contributed by atoms with Crippen molar-refractivity contribution >= 4 is 50.6 Å². The molecular formula is C15H11BrClN5O. The molecule has 0 fully saturated rings. The normalized spacial score (nSPS) is 10.7. The van der Waals surface area contributed by atoms with Gasteiger partial charge in [-0.3, -0.25) is 4.79 Å². The SMILES string of the molecule is N#C/C(=C/Nc1cc(Br)ccn1)C(=O)Nc1ccc(N)c(Cl)c1. The highest BCUT2D eigenvalue weighted by Crippen LogP contribution is 2.22. The van der Waals surface area contributed by atoms with E-state index >= 15 is 0 Å². The third-order valence-electron chi connectivity index (χ3n) is 2.71. The number of rotatable bonds is 4. The smallest absolute Gasteiger partial charge is 0.267 e. The summed E-state index contributed by atoms with van der Waals surface area (Å²) in [5, 5.41) is 14.8. The first kappa shape index (κ1) is 16.8. The van der Waals surface area contributed by atoms with Crippen LogP contribution in [-0.2, 0) is 4.79 Å². The summed E-state index contributed by atoms with van der Waals surface area (Å²) >= 11 is 9.19. The van der Waals surface area contributed by atoms with Gasteiger partial charge in [0.05, 0.1) is 10.7 Å². The van der Waals surface area contributed by atoms with Crippen LogP contribution in [0.4, 0.5) is 17.2 Å². The lowest BCUT2D eigenvalue weighted by Gasteiger charge is -2.06. The lowest BCUT2D eigenvalue weighted by atomic mass is 10.2. The number of nitrogens with zero attached hydrogens (tertiary/aromatic N) is 2. The van der Waals surface area contributed by atoms with Crippen LogP contribution in [0.5, 0.6) is 0 Å². The topological polar surface area (TPSA) is 104 Å². The van der Waals surface area contributed by atoms with E-state index in [1.165, 1.54) is 12.3 Å². The standard InChI is InChI=1S/C15H11BrClN5O/c16-10-3-4-20-14(5-10)21-8-9(7-18)15(23)22-11-1-2-13(19)12(17)6-11/h1-6,8H,19H2,(H,20,21)(H,22,23)/b9-8-. The molecule has 2 aromatic rings. The first-order valence-electron chi connectivity index (χ1n) is 6.34. The van der Waals surface area contributed by atoms with Crippen molar-refractivity contribution in [3.63, 3.8) is 0 Å². The van der Waals surface area contributed by atoms with Crippen LogP contribution in [0.2, 0.25) is 5.02 Å². The molecule has 1 aromatic carbocycles. The zero-order valence-electron chi connectivity index (χ0n) is 11.7. The predicted molar refractivity (Wildman–Crippen MR) is 93.7 cm³/mol. The molecule has 1 heterocycles. The van der Waals surface area contributed by atoms with E-state index in [1.807, 2.05) is 6.07 Å². The van der Waals surface area contributed by atoms with Crippen LogP contribution >= 0.6 is 27.5 Å². The van der Waals surface area contributed by atoms with E-state index in [1.54, 1.807) is 30.5 Å². The van der Waals surface area contributed by atoms with Crippen LogP contribution in [-0.4, -0.2) is 10.9 Å². The molecule has 0 unspecified atom stereocenters. The molecule has 0 aliphatic heterocycles. The molecule has 8 heteroatoms. The summed E-state index contributed by atoms with van der Waals surface area (Å²) in [6.07, 6.45) is 2.87. The second-order valence-corrected chi connectivity index (χ2v) is 5.69. The van der Waals surface area contributed by atoms with Crippen molar-refractivity contribution in [3.8, 4) is 6.07 Å². The molecule has 0 aliphatic carbocycles. The van der Waals surface area contributed by atoms with Crippen molar-refractivity contribution in [3.05, 3.63) is 57.8 Å². The number of nitrogens with two attached hydrogens (primary N) is 1. The fourth-order valence-electron chi connectivity index (χ4n) is 1.58. The van der Waals surface area contributed by atoms with Crippen LogP contribution in [0.15, 0.2) is 52.8 Å². The monoisotopic (exact) mass is 391 g/mol. The molecule has 1 amide bonds. The minimum absolute atomic E-state index is 0.111. The molecule has 0 aliphatic rings. The number of carbonyl (C=O) groups is 1. The molecule has 4 N–H and O–H groups in total. The third-order valence-corrected chi connectivity index (χ3v) is 3.53. The number of nitrogens with one attached hydrogen (secondary N) is 2. The molecule has 6 nitrogen and oxygen atoms in total. The quantitative estimate of drug-likeness (QED) is 0.419. The van der Waals surface area contributed by atoms with E-state index in [0.29, 0.717) is 22.2 Å². The Kier molecular flexibility index (Phi) is 5.57. The van der Waals surface area contributed by atoms with E-state index in [4.69, 9.17) is 22.6 Å². The van der Waals surface area contributed by atoms with Crippen molar-refractivity contribution < 1.29 is 4.79 Å². The number of hydrogen-bond acceptors (Lipinski definition) is 5. The fourth-order valence-corrected chi connectivity index (χ4v) is 2.10. The lowest BCUT2D eigenvalue weighted by Crippen LogP contribution is -2.14. The summed E-state index contributed by atoms with van der Waals surface area (Å²) < 4.78 is 0.822. The Morgan fingerprint density at radius 1 is 1.39 bits per heavy atom. The summed E-state index contributed by atoms with van der Waals surface area (Å²) in [6, 6.07) is 9.96. The number of amides is 1. The Hall–Kier alpha value is -2.56. The number of anilines is 3. The summed E-state index contributed by atoms with van der Waals surface area (Å²) in [5.41, 5.74) is 6.34. The van der Waals surface area contributed by atoms with Gasteiger partial charge in [-0.15, -0.1) is 0 Å². The van der Waals surface area contributed by atoms with E-state index in [0.717, 1.165) is 4.47 Å². The van der Waals surface area contributed by atoms with Crippen LogP contribution in [0, 0.1) is 11.3 Å². The lowest BCUT2D eigenvalue weighted by molar-refractivity contribution is -0.112. The van der Waals surface area contributed by atoms with E-state index < -0.39 is 5.91 Å². The van der Waals surface area contributed by atoms with Gasteiger partial charge < -0.3 is 16.4 Å². The number of nitrogen functional groups attached to an aromatic ring is 1. The van der Waals surface area contributed by atoms with E-state index in [2.05, 4.69) is 31.5 Å². The van der Waals surface area contributed by atoms with Gasteiger partial charge in [-0.25, -0.2) is 4.98 Å². The van der Waals surface area contributed by atoms with Gasteiger partial charge in [-0.05, 0) is 30.3 Å². The number of nitriles is 1. The summed E-state index contributed by atoms with van der Waals surface area (Å²) in [7, 11) is 0. The summed E-state index contributed by atoms with van der Waals surface area (Å²) in [4.78, 5) is 16.1. The van der Waals surface area contributed by atoms with Gasteiger partial charge in [0.1, 0.15) is 17.5 Å². The van der Waals surface area contributed by atoms with Crippen molar-refractivity contribution in [2.45, 2.75) is 0 Å². The van der Waals surface area contributed by atoms with Gasteiger partial charge in [0.25, 0.3) is 5.91 Å². The van der Waals surface area contributed by atoms with Crippen LogP contribution in [0.1, 0.15) is 0 Å². The molecule has 1 aromatic heterocycles. The second-order valence-electron chi connectivity index (χ2n) is 4.36. The van der Waals surface area contributed by atoms with Crippen molar-refractivity contribution in [1.82, 2.24) is 4.98 Å². The minimum Gasteiger partial charge on any atom is -0.398 e. The van der Waals surface area contributed by atoms with Gasteiger partial charge in [0.15, 0.2) is 0 Å². The maximum absolute atomic E-state index is 12.1. The van der Waals surface area contributed by atoms with Crippen molar-refractivity contribution in [1.29, 1.82) is 5.26 Å². The Balaban J connectivity index is 2.10. The highest BCUT2D eigenvalue weighted by Gasteiger charge is 2.10. The minimum atomic E-state index is -0.573. The van der Waals surface area contributed by atoms with Crippen molar-refractivity contribution in [2.24, 2.45) is 0 Å².